The van der Waals surface area contributed by atoms with Crippen LogP contribution in [0, 0.1) is 3.57 Å². The summed E-state index contributed by atoms with van der Waals surface area (Å²) >= 11 is 2.29. The minimum atomic E-state index is -0.457. The summed E-state index contributed by atoms with van der Waals surface area (Å²) in [4.78, 5) is 14.8. The Morgan fingerprint density at radius 3 is 2.85 bits per heavy atom. The largest absolute Gasteiger partial charge is 0.444 e. The minimum Gasteiger partial charge on any atom is -0.444 e. The first-order valence-electron chi connectivity index (χ1n) is 6.57. The summed E-state index contributed by atoms with van der Waals surface area (Å²) in [5.41, 5.74) is 1.87. The fraction of sp³-hybridized carbons (Fsp3) is 0.400. The molecule has 0 fully saturated rings. The maximum Gasteiger partial charge on any atom is 0.407 e. The van der Waals surface area contributed by atoms with Gasteiger partial charge in [-0.2, -0.15) is 0 Å². The summed E-state index contributed by atoms with van der Waals surface area (Å²) in [5, 5.41) is 3.98. The lowest BCUT2D eigenvalue weighted by atomic mass is 10.1. The summed E-state index contributed by atoms with van der Waals surface area (Å²) in [5.74, 6) is 0. The van der Waals surface area contributed by atoms with Gasteiger partial charge in [0.05, 0.1) is 0 Å². The Morgan fingerprint density at radius 2 is 2.15 bits per heavy atom. The van der Waals surface area contributed by atoms with Crippen molar-refractivity contribution in [3.05, 3.63) is 33.5 Å². The highest BCUT2D eigenvalue weighted by molar-refractivity contribution is 14.1. The van der Waals surface area contributed by atoms with Gasteiger partial charge in [0, 0.05) is 27.2 Å². The molecule has 1 amide bonds. The summed E-state index contributed by atoms with van der Waals surface area (Å²) in [7, 11) is 0. The molecule has 0 radical (unpaired) electrons. The van der Waals surface area contributed by atoms with Crippen LogP contribution in [0.1, 0.15) is 26.3 Å². The van der Waals surface area contributed by atoms with Gasteiger partial charge < -0.3 is 15.0 Å². The lowest BCUT2D eigenvalue weighted by Crippen LogP contribution is -2.33. The number of H-pyrrole nitrogens is 1. The zero-order valence-corrected chi connectivity index (χ0v) is 14.1. The van der Waals surface area contributed by atoms with Crippen molar-refractivity contribution in [2.75, 3.05) is 6.54 Å². The van der Waals surface area contributed by atoms with Gasteiger partial charge in [-0.3, -0.25) is 0 Å². The molecule has 20 heavy (non-hydrogen) atoms. The number of hydrogen-bond acceptors (Lipinski definition) is 2. The zero-order valence-electron chi connectivity index (χ0n) is 11.9. The molecule has 2 N–H and O–H groups in total. The molecule has 1 aromatic carbocycles. The number of ether oxygens (including phenoxy) is 1. The number of aromatic nitrogens is 1. The molecule has 2 rings (SSSR count). The number of nitrogens with one attached hydrogen (secondary N) is 2. The topological polar surface area (TPSA) is 54.1 Å². The van der Waals surface area contributed by atoms with E-state index < -0.39 is 5.60 Å². The summed E-state index contributed by atoms with van der Waals surface area (Å²) in [6, 6.07) is 6.30. The number of carbonyl (C=O) groups excluding carboxylic acids is 1. The van der Waals surface area contributed by atoms with Gasteiger partial charge in [0.25, 0.3) is 0 Å². The minimum absolute atomic E-state index is 0.369. The Balaban J connectivity index is 1.92. The van der Waals surface area contributed by atoms with E-state index in [0.717, 1.165) is 11.9 Å². The van der Waals surface area contributed by atoms with Gasteiger partial charge in [-0.15, -0.1) is 0 Å². The van der Waals surface area contributed by atoms with Crippen LogP contribution in [0.5, 0.6) is 0 Å². The molecule has 0 bridgehead atoms. The zero-order chi connectivity index (χ0) is 14.8. The Labute approximate surface area is 132 Å². The molecule has 0 saturated carbocycles. The maximum atomic E-state index is 11.6. The van der Waals surface area contributed by atoms with Gasteiger partial charge in [-0.05, 0) is 67.5 Å². The van der Waals surface area contributed by atoms with Gasteiger partial charge in [0.1, 0.15) is 5.60 Å². The van der Waals surface area contributed by atoms with E-state index >= 15 is 0 Å². The van der Waals surface area contributed by atoms with Crippen LogP contribution in [0.4, 0.5) is 4.79 Å². The molecular formula is C15H19IN2O2. The van der Waals surface area contributed by atoms with Crippen LogP contribution >= 0.6 is 22.6 Å². The molecule has 1 heterocycles. The van der Waals surface area contributed by atoms with Crippen molar-refractivity contribution < 1.29 is 9.53 Å². The van der Waals surface area contributed by atoms with Crippen LogP contribution in [-0.2, 0) is 11.2 Å². The molecule has 108 valence electrons. The number of aromatic amines is 1. The predicted molar refractivity (Wildman–Crippen MR) is 89.0 cm³/mol. The number of alkyl carbamates (subject to hydrolysis) is 1. The number of hydrogen-bond donors (Lipinski definition) is 2. The van der Waals surface area contributed by atoms with Crippen molar-refractivity contribution in [1.82, 2.24) is 10.3 Å². The SMILES string of the molecule is CC(C)(C)OC(=O)NCCc1c[nH]c2cc(I)ccc12. The van der Waals surface area contributed by atoms with Gasteiger partial charge in [0.15, 0.2) is 0 Å². The number of benzene rings is 1. The first-order valence-corrected chi connectivity index (χ1v) is 7.65. The lowest BCUT2D eigenvalue weighted by molar-refractivity contribution is 0.0528. The van der Waals surface area contributed by atoms with Crippen molar-refractivity contribution in [3.8, 4) is 0 Å². The average Bonchev–Trinajstić information content (AvgIpc) is 2.69. The van der Waals surface area contributed by atoms with Gasteiger partial charge in [0.2, 0.25) is 0 Å². The van der Waals surface area contributed by atoms with Crippen molar-refractivity contribution in [3.63, 3.8) is 0 Å². The second kappa shape index (κ2) is 6.03. The number of halogens is 1. The first-order chi connectivity index (χ1) is 9.35. The third-order valence-electron chi connectivity index (χ3n) is 2.79. The molecule has 0 aliphatic heterocycles. The molecular weight excluding hydrogens is 367 g/mol. The smallest absolute Gasteiger partial charge is 0.407 e. The van der Waals surface area contributed by atoms with E-state index in [2.05, 4.69) is 51.1 Å². The summed E-state index contributed by atoms with van der Waals surface area (Å²) in [6.45, 7) is 6.13. The van der Waals surface area contributed by atoms with Crippen LogP contribution in [0.2, 0.25) is 0 Å². The maximum absolute atomic E-state index is 11.6. The van der Waals surface area contributed by atoms with Crippen molar-refractivity contribution in [1.29, 1.82) is 0 Å². The van der Waals surface area contributed by atoms with Crippen molar-refractivity contribution in [2.24, 2.45) is 0 Å². The molecule has 1 aromatic heterocycles. The lowest BCUT2D eigenvalue weighted by Gasteiger charge is -2.19. The highest BCUT2D eigenvalue weighted by Crippen LogP contribution is 2.20. The van der Waals surface area contributed by atoms with E-state index in [1.807, 2.05) is 27.0 Å². The second-order valence-corrected chi connectivity index (χ2v) is 6.93. The molecule has 0 unspecified atom stereocenters. The fourth-order valence-corrected chi connectivity index (χ4v) is 2.47. The van der Waals surface area contributed by atoms with Crippen LogP contribution in [0.3, 0.4) is 0 Å². The van der Waals surface area contributed by atoms with E-state index in [0.29, 0.717) is 6.54 Å². The predicted octanol–water partition coefficient (Wildman–Crippen LogP) is 3.84. The quantitative estimate of drug-likeness (QED) is 0.788. The first kappa shape index (κ1) is 15.2. The number of rotatable bonds is 3. The monoisotopic (exact) mass is 386 g/mol. The Hall–Kier alpha value is -1.24. The summed E-state index contributed by atoms with van der Waals surface area (Å²) in [6.07, 6.45) is 2.41. The molecule has 0 aliphatic carbocycles. The number of fused-ring (bicyclic) bond motifs is 1. The second-order valence-electron chi connectivity index (χ2n) is 5.68. The van der Waals surface area contributed by atoms with Crippen molar-refractivity contribution >= 4 is 39.6 Å². The van der Waals surface area contributed by atoms with Crippen LogP contribution in [-0.4, -0.2) is 23.2 Å². The Bertz CT molecular complexity index is 614. The van der Waals surface area contributed by atoms with E-state index in [1.54, 1.807) is 0 Å². The molecule has 0 spiro atoms. The molecule has 4 nitrogen and oxygen atoms in total. The number of carbonyl (C=O) groups is 1. The Kier molecular flexibility index (Phi) is 4.57. The van der Waals surface area contributed by atoms with E-state index in [4.69, 9.17) is 4.74 Å². The van der Waals surface area contributed by atoms with Crippen LogP contribution in [0.15, 0.2) is 24.4 Å². The van der Waals surface area contributed by atoms with Crippen molar-refractivity contribution in [2.45, 2.75) is 32.8 Å². The van der Waals surface area contributed by atoms with Crippen LogP contribution < -0.4 is 5.32 Å². The molecule has 0 atom stereocenters. The number of amides is 1. The van der Waals surface area contributed by atoms with E-state index in [9.17, 15) is 4.79 Å². The Morgan fingerprint density at radius 1 is 1.40 bits per heavy atom. The van der Waals surface area contributed by atoms with E-state index in [-0.39, 0.29) is 6.09 Å². The molecule has 2 aromatic rings. The molecule has 0 aliphatic rings. The van der Waals surface area contributed by atoms with E-state index in [1.165, 1.54) is 14.5 Å². The molecule has 0 saturated heterocycles. The standard InChI is InChI=1S/C15H19IN2O2/c1-15(2,3)20-14(19)17-7-6-10-9-18-13-8-11(16)4-5-12(10)13/h4-5,8-9,18H,6-7H2,1-3H3,(H,17,19). The van der Waals surface area contributed by atoms with Gasteiger partial charge >= 0.3 is 6.09 Å². The fourth-order valence-electron chi connectivity index (χ4n) is 1.98. The highest BCUT2D eigenvalue weighted by atomic mass is 127. The third kappa shape index (κ3) is 4.13. The third-order valence-corrected chi connectivity index (χ3v) is 3.46. The van der Waals surface area contributed by atoms with Gasteiger partial charge in [-0.1, -0.05) is 6.07 Å². The normalized spacial score (nSPS) is 11.6. The average molecular weight is 386 g/mol. The van der Waals surface area contributed by atoms with Crippen LogP contribution in [0.25, 0.3) is 10.9 Å². The highest BCUT2D eigenvalue weighted by Gasteiger charge is 2.15. The van der Waals surface area contributed by atoms with Gasteiger partial charge in [-0.25, -0.2) is 4.79 Å². The summed E-state index contributed by atoms with van der Waals surface area (Å²) < 4.78 is 6.41. The molecule has 5 heteroatoms.